The second-order valence-corrected chi connectivity index (χ2v) is 9.33. The first-order chi connectivity index (χ1) is 15.3. The quantitative estimate of drug-likeness (QED) is 0.352. The maximum absolute atomic E-state index is 12.1. The van der Waals surface area contributed by atoms with Gasteiger partial charge < -0.3 is 10.2 Å². The van der Waals surface area contributed by atoms with Gasteiger partial charge in [0.25, 0.3) is 5.91 Å². The van der Waals surface area contributed by atoms with Gasteiger partial charge in [0.15, 0.2) is 0 Å². The van der Waals surface area contributed by atoms with Gasteiger partial charge in [-0.25, -0.2) is 9.98 Å². The highest BCUT2D eigenvalue weighted by atomic mass is 32.1. The monoisotopic (exact) mass is 448 g/mol. The van der Waals surface area contributed by atoms with Crippen LogP contribution in [-0.4, -0.2) is 41.8 Å². The number of amides is 1. The summed E-state index contributed by atoms with van der Waals surface area (Å²) in [5.74, 6) is -0.0505. The predicted octanol–water partition coefficient (Wildman–Crippen LogP) is 5.77. The highest BCUT2D eigenvalue weighted by Gasteiger charge is 2.11. The van der Waals surface area contributed by atoms with E-state index in [1.165, 1.54) is 16.7 Å². The first-order valence-electron chi connectivity index (χ1n) is 11.0. The van der Waals surface area contributed by atoms with Crippen LogP contribution in [0.25, 0.3) is 11.3 Å². The van der Waals surface area contributed by atoms with E-state index in [4.69, 9.17) is 4.98 Å². The van der Waals surface area contributed by atoms with Crippen molar-refractivity contribution in [2.45, 2.75) is 47.1 Å². The average Bonchev–Trinajstić information content (AvgIpc) is 3.23. The maximum Gasteiger partial charge on any atom is 0.251 e. The lowest BCUT2D eigenvalue weighted by Crippen LogP contribution is -2.29. The van der Waals surface area contributed by atoms with Gasteiger partial charge in [-0.15, -0.1) is 11.3 Å². The zero-order valence-corrected chi connectivity index (χ0v) is 20.6. The Morgan fingerprint density at radius 2 is 1.91 bits per heavy atom. The number of rotatable bonds is 8. The van der Waals surface area contributed by atoms with Crippen LogP contribution in [-0.2, 0) is 6.42 Å². The number of thiazole rings is 1. The molecule has 1 aromatic heterocycles. The molecule has 3 aromatic rings. The van der Waals surface area contributed by atoms with E-state index >= 15 is 0 Å². The summed E-state index contributed by atoms with van der Waals surface area (Å²) < 4.78 is 0. The lowest BCUT2D eigenvalue weighted by atomic mass is 10.0. The van der Waals surface area contributed by atoms with Crippen LogP contribution in [0.2, 0.25) is 0 Å². The lowest BCUT2D eigenvalue weighted by molar-refractivity contribution is 0.0943. The minimum atomic E-state index is -0.0505. The van der Waals surface area contributed by atoms with Gasteiger partial charge >= 0.3 is 0 Å². The number of benzene rings is 2. The molecule has 0 spiro atoms. The summed E-state index contributed by atoms with van der Waals surface area (Å²) in [5, 5.41) is 6.07. The third-order valence-electron chi connectivity index (χ3n) is 5.30. The molecule has 1 amide bonds. The van der Waals surface area contributed by atoms with E-state index < -0.39 is 0 Å². The molecule has 0 aliphatic heterocycles. The second-order valence-electron chi connectivity index (χ2n) is 8.39. The molecule has 0 atom stereocenters. The average molecular weight is 449 g/mol. The van der Waals surface area contributed by atoms with Crippen LogP contribution in [0.3, 0.4) is 0 Å². The van der Waals surface area contributed by atoms with E-state index in [-0.39, 0.29) is 11.9 Å². The van der Waals surface area contributed by atoms with Crippen LogP contribution in [0.5, 0.6) is 0 Å². The van der Waals surface area contributed by atoms with Gasteiger partial charge in [-0.3, -0.25) is 4.79 Å². The summed E-state index contributed by atoms with van der Waals surface area (Å²) in [6, 6.07) is 12.1. The molecule has 32 heavy (non-hydrogen) atoms. The van der Waals surface area contributed by atoms with Gasteiger partial charge in [0.1, 0.15) is 0 Å². The fourth-order valence-corrected chi connectivity index (χ4v) is 4.08. The first-order valence-corrected chi connectivity index (χ1v) is 11.8. The Morgan fingerprint density at radius 3 is 2.56 bits per heavy atom. The number of carbonyl (C=O) groups excluding carboxylic acids is 1. The van der Waals surface area contributed by atoms with Crippen molar-refractivity contribution in [3.05, 3.63) is 69.0 Å². The van der Waals surface area contributed by atoms with Crippen molar-refractivity contribution in [3.63, 3.8) is 0 Å². The van der Waals surface area contributed by atoms with Gasteiger partial charge in [-0.05, 0) is 69.5 Å². The van der Waals surface area contributed by atoms with Crippen molar-refractivity contribution in [1.29, 1.82) is 0 Å². The molecule has 0 aliphatic carbocycles. The first kappa shape index (κ1) is 23.7. The Bertz CT molecular complexity index is 1100. The largest absolute Gasteiger partial charge is 0.366 e. The van der Waals surface area contributed by atoms with E-state index in [0.717, 1.165) is 34.9 Å². The lowest BCUT2D eigenvalue weighted by Gasteiger charge is -2.11. The van der Waals surface area contributed by atoms with Gasteiger partial charge in [0.2, 0.25) is 0 Å². The highest BCUT2D eigenvalue weighted by Crippen LogP contribution is 2.28. The Balaban J connectivity index is 1.73. The molecule has 0 bridgehead atoms. The van der Waals surface area contributed by atoms with Crippen molar-refractivity contribution in [2.75, 3.05) is 13.6 Å². The van der Waals surface area contributed by atoms with E-state index in [2.05, 4.69) is 53.5 Å². The molecule has 1 N–H and O–H groups in total. The molecular formula is C26H32N4OS. The van der Waals surface area contributed by atoms with Crippen molar-refractivity contribution in [2.24, 2.45) is 4.99 Å². The van der Waals surface area contributed by atoms with E-state index in [9.17, 15) is 4.79 Å². The minimum Gasteiger partial charge on any atom is -0.366 e. The van der Waals surface area contributed by atoms with Crippen molar-refractivity contribution in [3.8, 4) is 11.3 Å². The maximum atomic E-state index is 12.1. The fraction of sp³-hybridized carbons (Fsp3) is 0.346. The van der Waals surface area contributed by atoms with Gasteiger partial charge in [0.05, 0.1) is 22.7 Å². The number of aromatic nitrogens is 1. The Morgan fingerprint density at radius 1 is 1.19 bits per heavy atom. The molecule has 168 valence electrons. The number of nitrogens with one attached hydrogen (secondary N) is 1. The minimum absolute atomic E-state index is 0.0505. The van der Waals surface area contributed by atoms with Gasteiger partial charge in [-0.1, -0.05) is 18.2 Å². The fourth-order valence-electron chi connectivity index (χ4n) is 3.26. The third-order valence-corrected chi connectivity index (χ3v) is 6.15. The third kappa shape index (κ3) is 6.04. The molecular weight excluding hydrogens is 416 g/mol. The normalized spacial score (nSPS) is 11.3. The molecule has 0 aliphatic rings. The molecule has 5 nitrogen and oxygen atoms in total. The van der Waals surface area contributed by atoms with Crippen LogP contribution < -0.4 is 5.32 Å². The summed E-state index contributed by atoms with van der Waals surface area (Å²) in [5.41, 5.74) is 7.29. The number of nitrogens with zero attached hydrogens (tertiary/aromatic N) is 3. The molecule has 0 unspecified atom stereocenters. The summed E-state index contributed by atoms with van der Waals surface area (Å²) in [6.45, 7) is 11.2. The summed E-state index contributed by atoms with van der Waals surface area (Å²) in [6.07, 6.45) is 2.68. The number of aryl methyl sites for hydroxylation is 2. The molecule has 0 radical (unpaired) electrons. The van der Waals surface area contributed by atoms with E-state index in [1.807, 2.05) is 51.5 Å². The highest BCUT2D eigenvalue weighted by molar-refractivity contribution is 7.10. The van der Waals surface area contributed by atoms with Crippen LogP contribution in [0, 0.1) is 13.8 Å². The molecule has 0 saturated heterocycles. The molecule has 0 saturated carbocycles. The number of hydrogen-bond acceptors (Lipinski definition) is 4. The molecule has 6 heteroatoms. The van der Waals surface area contributed by atoms with Crippen molar-refractivity contribution >= 4 is 29.3 Å². The zero-order chi connectivity index (χ0) is 23.3. The molecule has 2 aromatic carbocycles. The van der Waals surface area contributed by atoms with E-state index in [0.29, 0.717) is 5.56 Å². The topological polar surface area (TPSA) is 57.6 Å². The number of hydrogen-bond donors (Lipinski definition) is 1. The summed E-state index contributed by atoms with van der Waals surface area (Å²) >= 11 is 1.67. The van der Waals surface area contributed by atoms with Crippen molar-refractivity contribution in [1.82, 2.24) is 15.2 Å². The van der Waals surface area contributed by atoms with Gasteiger partial charge in [-0.2, -0.15) is 0 Å². The molecule has 1 heterocycles. The number of carbonyl (C=O) groups is 1. The predicted molar refractivity (Wildman–Crippen MR) is 135 cm³/mol. The summed E-state index contributed by atoms with van der Waals surface area (Å²) in [7, 11) is 2.02. The van der Waals surface area contributed by atoms with E-state index in [1.54, 1.807) is 11.3 Å². The summed E-state index contributed by atoms with van der Waals surface area (Å²) in [4.78, 5) is 23.7. The van der Waals surface area contributed by atoms with Crippen LogP contribution in [0.1, 0.15) is 52.8 Å². The van der Waals surface area contributed by atoms with Gasteiger partial charge in [0, 0.05) is 42.6 Å². The number of aliphatic imine (C=N–C) groups is 1. The second kappa shape index (κ2) is 10.6. The van der Waals surface area contributed by atoms with Crippen LogP contribution >= 0.6 is 11.3 Å². The smallest absolute Gasteiger partial charge is 0.251 e. The standard InChI is InChI=1S/C26H32N4OS/c1-7-30(6)16-27-23-13-18(4)22(12-19(23)5)14-25-29-24(15-32-25)20-8-10-21(11-9-20)26(31)28-17(2)3/h8-13,15-17H,7,14H2,1-6H3,(H,28,31)/b27-16+. The Hall–Kier alpha value is -2.99. The Kier molecular flexibility index (Phi) is 7.80. The SMILES string of the molecule is CCN(C)/C=N/c1cc(C)c(Cc2nc(-c3ccc(C(=O)NC(C)C)cc3)cs2)cc1C. The molecule has 3 rings (SSSR count). The van der Waals surface area contributed by atoms with Crippen LogP contribution in [0.4, 0.5) is 5.69 Å². The Labute approximate surface area is 195 Å². The zero-order valence-electron chi connectivity index (χ0n) is 19.8. The molecule has 0 fully saturated rings. The van der Waals surface area contributed by atoms with Crippen molar-refractivity contribution < 1.29 is 4.79 Å². The van der Waals surface area contributed by atoms with Crippen LogP contribution in [0.15, 0.2) is 46.8 Å².